The van der Waals surface area contributed by atoms with Crippen molar-refractivity contribution in [2.24, 2.45) is 0 Å². The Labute approximate surface area is 116 Å². The lowest BCUT2D eigenvalue weighted by molar-refractivity contribution is -0.385. The maximum Gasteiger partial charge on any atom is 0.282 e. The van der Waals surface area contributed by atoms with E-state index in [-0.39, 0.29) is 22.5 Å². The third-order valence-corrected chi connectivity index (χ3v) is 3.81. The molecular weight excluding hydrogens is 268 g/mol. The van der Waals surface area contributed by atoms with Crippen LogP contribution in [0.4, 0.5) is 5.69 Å². The third-order valence-electron chi connectivity index (χ3n) is 3.37. The smallest absolute Gasteiger partial charge is 0.282 e. The van der Waals surface area contributed by atoms with Gasteiger partial charge in [-0.15, -0.1) is 11.6 Å². The first-order valence-corrected chi connectivity index (χ1v) is 6.61. The molecule has 0 spiro atoms. The van der Waals surface area contributed by atoms with E-state index in [0.717, 1.165) is 12.8 Å². The molecule has 0 radical (unpaired) electrons. The van der Waals surface area contributed by atoms with E-state index >= 15 is 0 Å². The van der Waals surface area contributed by atoms with E-state index in [1.807, 2.05) is 0 Å². The molecule has 0 aliphatic carbocycles. The molecule has 6 heteroatoms. The summed E-state index contributed by atoms with van der Waals surface area (Å²) in [6.07, 6.45) is 1.46. The van der Waals surface area contributed by atoms with Gasteiger partial charge in [-0.2, -0.15) is 0 Å². The fourth-order valence-corrected chi connectivity index (χ4v) is 2.49. The summed E-state index contributed by atoms with van der Waals surface area (Å²) >= 11 is 6.00. The van der Waals surface area contributed by atoms with Crippen LogP contribution in [0.5, 0.6) is 0 Å². The number of nitrogens with zero attached hydrogens (tertiary/aromatic N) is 2. The Morgan fingerprint density at radius 2 is 2.05 bits per heavy atom. The third kappa shape index (κ3) is 2.87. The summed E-state index contributed by atoms with van der Waals surface area (Å²) in [6, 6.07) is 4.68. The predicted molar refractivity (Wildman–Crippen MR) is 72.6 cm³/mol. The number of hydrogen-bond donors (Lipinski definition) is 0. The number of benzene rings is 1. The monoisotopic (exact) mass is 282 g/mol. The molecule has 102 valence electrons. The number of rotatable bonds is 2. The molecule has 0 saturated carbocycles. The number of halogens is 1. The van der Waals surface area contributed by atoms with Gasteiger partial charge >= 0.3 is 0 Å². The van der Waals surface area contributed by atoms with Crippen molar-refractivity contribution in [1.82, 2.24) is 4.90 Å². The molecule has 1 saturated heterocycles. The quantitative estimate of drug-likeness (QED) is 0.476. The van der Waals surface area contributed by atoms with E-state index in [9.17, 15) is 14.9 Å². The summed E-state index contributed by atoms with van der Waals surface area (Å²) in [5.41, 5.74) is 0.700. The predicted octanol–water partition coefficient (Wildman–Crippen LogP) is 2.75. The van der Waals surface area contributed by atoms with E-state index in [0.29, 0.717) is 18.7 Å². The van der Waals surface area contributed by atoms with Crippen molar-refractivity contribution < 1.29 is 9.72 Å². The van der Waals surface area contributed by atoms with Crippen LogP contribution in [0.1, 0.15) is 28.8 Å². The zero-order valence-electron chi connectivity index (χ0n) is 10.6. The molecule has 1 aliphatic heterocycles. The van der Waals surface area contributed by atoms with Crippen LogP contribution in [0.15, 0.2) is 18.2 Å². The van der Waals surface area contributed by atoms with Crippen LogP contribution in [0.2, 0.25) is 0 Å². The van der Waals surface area contributed by atoms with Crippen molar-refractivity contribution in [3.05, 3.63) is 39.4 Å². The summed E-state index contributed by atoms with van der Waals surface area (Å²) < 4.78 is 0. The van der Waals surface area contributed by atoms with Gasteiger partial charge in [-0.25, -0.2) is 0 Å². The summed E-state index contributed by atoms with van der Waals surface area (Å²) in [5.74, 6) is -0.270. The first-order chi connectivity index (χ1) is 9.00. The molecular formula is C13H15ClN2O3. The molecule has 5 nitrogen and oxygen atoms in total. The topological polar surface area (TPSA) is 63.5 Å². The van der Waals surface area contributed by atoms with E-state index in [4.69, 9.17) is 11.6 Å². The van der Waals surface area contributed by atoms with Gasteiger partial charge in [-0.3, -0.25) is 14.9 Å². The number of nitro benzene ring substituents is 1. The molecule has 19 heavy (non-hydrogen) atoms. The van der Waals surface area contributed by atoms with Gasteiger partial charge in [-0.1, -0.05) is 12.1 Å². The number of nitro groups is 1. The zero-order valence-corrected chi connectivity index (χ0v) is 11.4. The number of piperidine rings is 1. The molecule has 0 N–H and O–H groups in total. The van der Waals surface area contributed by atoms with Crippen molar-refractivity contribution in [3.8, 4) is 0 Å². The highest BCUT2D eigenvalue weighted by molar-refractivity contribution is 6.20. The SMILES string of the molecule is Cc1cccc([N+](=O)[O-])c1C(=O)N1CCC(Cl)CC1. The number of carbonyl (C=O) groups excluding carboxylic acids is 1. The zero-order chi connectivity index (χ0) is 14.0. The largest absolute Gasteiger partial charge is 0.338 e. The second-order valence-electron chi connectivity index (χ2n) is 4.69. The van der Waals surface area contributed by atoms with E-state index in [2.05, 4.69) is 0 Å². The van der Waals surface area contributed by atoms with Crippen molar-refractivity contribution in [2.75, 3.05) is 13.1 Å². The highest BCUT2D eigenvalue weighted by Gasteiger charge is 2.28. The van der Waals surface area contributed by atoms with Gasteiger partial charge in [0.15, 0.2) is 0 Å². The molecule has 0 bridgehead atoms. The van der Waals surface area contributed by atoms with Crippen LogP contribution in [-0.2, 0) is 0 Å². The Balaban J connectivity index is 2.31. The molecule has 1 heterocycles. The van der Waals surface area contributed by atoms with E-state index in [1.54, 1.807) is 24.0 Å². The number of aryl methyl sites for hydroxylation is 1. The van der Waals surface area contributed by atoms with Gasteiger partial charge in [0, 0.05) is 24.5 Å². The molecule has 0 atom stereocenters. The van der Waals surface area contributed by atoms with Gasteiger partial charge < -0.3 is 4.90 Å². The van der Waals surface area contributed by atoms with Crippen molar-refractivity contribution in [1.29, 1.82) is 0 Å². The highest BCUT2D eigenvalue weighted by atomic mass is 35.5. The lowest BCUT2D eigenvalue weighted by atomic mass is 10.0. The number of alkyl halides is 1. The lowest BCUT2D eigenvalue weighted by Crippen LogP contribution is -2.39. The Morgan fingerprint density at radius 1 is 1.42 bits per heavy atom. The lowest BCUT2D eigenvalue weighted by Gasteiger charge is -2.29. The number of carbonyl (C=O) groups is 1. The minimum absolute atomic E-state index is 0.0934. The van der Waals surface area contributed by atoms with Crippen LogP contribution in [0.3, 0.4) is 0 Å². The maximum atomic E-state index is 12.4. The average molecular weight is 283 g/mol. The number of amides is 1. The summed E-state index contributed by atoms with van der Waals surface area (Å²) in [5, 5.41) is 11.1. The van der Waals surface area contributed by atoms with Gasteiger partial charge in [0.2, 0.25) is 0 Å². The van der Waals surface area contributed by atoms with Crippen LogP contribution in [-0.4, -0.2) is 34.2 Å². The minimum Gasteiger partial charge on any atom is -0.338 e. The first kappa shape index (κ1) is 13.8. The van der Waals surface area contributed by atoms with E-state index < -0.39 is 4.92 Å². The normalized spacial score (nSPS) is 16.4. The van der Waals surface area contributed by atoms with Crippen LogP contribution >= 0.6 is 11.6 Å². The summed E-state index contributed by atoms with van der Waals surface area (Å²) in [6.45, 7) is 2.82. The summed E-state index contributed by atoms with van der Waals surface area (Å²) in [4.78, 5) is 24.6. The van der Waals surface area contributed by atoms with Crippen LogP contribution in [0, 0.1) is 17.0 Å². The second kappa shape index (κ2) is 5.57. The Kier molecular flexibility index (Phi) is 4.04. The van der Waals surface area contributed by atoms with Gasteiger partial charge in [0.05, 0.1) is 4.92 Å². The molecule has 1 fully saturated rings. The number of likely N-dealkylation sites (tertiary alicyclic amines) is 1. The number of hydrogen-bond acceptors (Lipinski definition) is 3. The van der Waals surface area contributed by atoms with Gasteiger partial charge in [0.25, 0.3) is 11.6 Å². The van der Waals surface area contributed by atoms with Crippen molar-refractivity contribution >= 4 is 23.2 Å². The molecule has 1 aromatic carbocycles. The fraction of sp³-hybridized carbons (Fsp3) is 0.462. The Hall–Kier alpha value is -1.62. The Morgan fingerprint density at radius 3 is 2.63 bits per heavy atom. The molecule has 1 aliphatic rings. The summed E-state index contributed by atoms with van der Waals surface area (Å²) in [7, 11) is 0. The standard InChI is InChI=1S/C13H15ClN2O3/c1-9-3-2-4-11(16(18)19)12(9)13(17)15-7-5-10(14)6-8-15/h2-4,10H,5-8H2,1H3. The van der Waals surface area contributed by atoms with E-state index in [1.165, 1.54) is 6.07 Å². The fourth-order valence-electron chi connectivity index (χ4n) is 2.29. The molecule has 0 unspecified atom stereocenters. The molecule has 1 amide bonds. The minimum atomic E-state index is -0.505. The van der Waals surface area contributed by atoms with Crippen LogP contribution in [0.25, 0.3) is 0 Å². The Bertz CT molecular complexity index is 511. The second-order valence-corrected chi connectivity index (χ2v) is 5.31. The van der Waals surface area contributed by atoms with Crippen molar-refractivity contribution in [2.45, 2.75) is 25.1 Å². The first-order valence-electron chi connectivity index (χ1n) is 6.18. The van der Waals surface area contributed by atoms with Crippen LogP contribution < -0.4 is 0 Å². The molecule has 2 rings (SSSR count). The van der Waals surface area contributed by atoms with Crippen molar-refractivity contribution in [3.63, 3.8) is 0 Å². The van der Waals surface area contributed by atoms with Gasteiger partial charge in [0.1, 0.15) is 5.56 Å². The van der Waals surface area contributed by atoms with Gasteiger partial charge in [-0.05, 0) is 25.3 Å². The highest BCUT2D eigenvalue weighted by Crippen LogP contribution is 2.25. The maximum absolute atomic E-state index is 12.4. The molecule has 1 aromatic rings. The molecule has 0 aromatic heterocycles. The average Bonchev–Trinajstić information content (AvgIpc) is 2.38.